The highest BCUT2D eigenvalue weighted by Crippen LogP contribution is 2.30. The summed E-state index contributed by atoms with van der Waals surface area (Å²) < 4.78 is 17.1. The Bertz CT molecular complexity index is 1090. The van der Waals surface area contributed by atoms with Gasteiger partial charge in [-0.3, -0.25) is 9.59 Å². The third kappa shape index (κ3) is 10.1. The van der Waals surface area contributed by atoms with E-state index >= 15 is 0 Å². The number of methoxy groups -OCH3 is 1. The fourth-order valence-corrected chi connectivity index (χ4v) is 3.98. The molecule has 38 heavy (non-hydrogen) atoms. The summed E-state index contributed by atoms with van der Waals surface area (Å²) in [5, 5.41) is 7.61. The van der Waals surface area contributed by atoms with Gasteiger partial charge in [0.15, 0.2) is 17.6 Å². The van der Waals surface area contributed by atoms with Crippen molar-refractivity contribution >= 4 is 41.2 Å². The van der Waals surface area contributed by atoms with Crippen molar-refractivity contribution in [2.75, 3.05) is 13.7 Å². The summed E-state index contributed by atoms with van der Waals surface area (Å²) in [7, 11) is 1.57. The minimum atomic E-state index is -0.899. The van der Waals surface area contributed by atoms with Crippen LogP contribution in [0.15, 0.2) is 41.5 Å². The van der Waals surface area contributed by atoms with Gasteiger partial charge in [0.25, 0.3) is 11.8 Å². The number of nitrogens with one attached hydrogen (secondary N) is 2. The number of ether oxygens (including phenoxy) is 3. The summed E-state index contributed by atoms with van der Waals surface area (Å²) in [6.45, 7) is 8.17. The maximum absolute atomic E-state index is 13.0. The average molecular weight is 567 g/mol. The molecule has 0 aliphatic carbocycles. The zero-order chi connectivity index (χ0) is 28.1. The quantitative estimate of drug-likeness (QED) is 0.156. The number of halogens is 2. The summed E-state index contributed by atoms with van der Waals surface area (Å²) in [5.41, 5.74) is 3.19. The molecule has 0 saturated heterocycles. The van der Waals surface area contributed by atoms with Crippen LogP contribution in [0.25, 0.3) is 0 Å². The fourth-order valence-electron chi connectivity index (χ4n) is 3.53. The van der Waals surface area contributed by atoms with Crippen molar-refractivity contribution in [2.45, 2.75) is 65.5 Å². The Kier molecular flexibility index (Phi) is 13.2. The smallest absolute Gasteiger partial charge is 0.262 e. The van der Waals surface area contributed by atoms with Crippen LogP contribution < -0.4 is 25.0 Å². The molecule has 0 bridgehead atoms. The molecular weight excluding hydrogens is 529 g/mol. The fraction of sp³-hybridized carbons (Fsp3) is 0.464. The lowest BCUT2D eigenvalue weighted by atomic mass is 10.0. The standard InChI is InChI=1S/C28H37Cl2N3O5/c1-6-7-8-14-37-26-20(10-9-11-25(26)36-5)17-31-33-28(35)23(15-18(2)3)32-27(34)19(4)38-24-13-12-21(29)16-22(24)30/h9-13,16-19,23H,6-8,14-15H2,1-5H3,(H,32,34)(H,33,35)/b31-17-/t19-,23-/m0/s1. The Labute approximate surface area is 235 Å². The third-order valence-corrected chi connectivity index (χ3v) is 6.04. The molecule has 2 rings (SSSR count). The molecule has 0 heterocycles. The molecule has 2 amide bonds. The molecule has 0 saturated carbocycles. The molecule has 0 unspecified atom stereocenters. The summed E-state index contributed by atoms with van der Waals surface area (Å²) in [6, 6.07) is 9.35. The Hall–Kier alpha value is -2.97. The van der Waals surface area contributed by atoms with Crippen molar-refractivity contribution in [3.63, 3.8) is 0 Å². The van der Waals surface area contributed by atoms with E-state index in [2.05, 4.69) is 22.8 Å². The lowest BCUT2D eigenvalue weighted by Crippen LogP contribution is -2.49. The number of carbonyl (C=O) groups excluding carboxylic acids is 2. The van der Waals surface area contributed by atoms with E-state index in [0.29, 0.717) is 40.9 Å². The molecule has 0 aromatic heterocycles. The van der Waals surface area contributed by atoms with Crippen LogP contribution in [-0.4, -0.2) is 43.9 Å². The first-order valence-corrected chi connectivity index (χ1v) is 13.5. The average Bonchev–Trinajstić information content (AvgIpc) is 2.87. The number of hydrogen-bond donors (Lipinski definition) is 2. The van der Waals surface area contributed by atoms with Gasteiger partial charge in [0.1, 0.15) is 11.8 Å². The van der Waals surface area contributed by atoms with Crippen molar-refractivity contribution in [1.29, 1.82) is 0 Å². The SMILES string of the molecule is CCCCCOc1c(/C=N\NC(=O)[C@H](CC(C)C)NC(=O)[C@H](C)Oc2ccc(Cl)cc2Cl)cccc1OC. The maximum Gasteiger partial charge on any atom is 0.262 e. The number of amides is 2. The molecule has 2 aromatic rings. The van der Waals surface area contributed by atoms with Gasteiger partial charge in [-0.2, -0.15) is 5.10 Å². The molecule has 8 nitrogen and oxygen atoms in total. The van der Waals surface area contributed by atoms with Crippen LogP contribution in [0.1, 0.15) is 58.9 Å². The zero-order valence-corrected chi connectivity index (χ0v) is 24.1. The van der Waals surface area contributed by atoms with Crippen LogP contribution in [0.2, 0.25) is 10.0 Å². The van der Waals surface area contributed by atoms with Gasteiger partial charge in [-0.1, -0.05) is 62.9 Å². The second kappa shape index (κ2) is 16.1. The van der Waals surface area contributed by atoms with E-state index in [1.807, 2.05) is 26.0 Å². The van der Waals surface area contributed by atoms with Gasteiger partial charge in [0.2, 0.25) is 0 Å². The van der Waals surface area contributed by atoms with Crippen LogP contribution >= 0.6 is 23.2 Å². The topological polar surface area (TPSA) is 98.2 Å². The molecule has 0 aliphatic heterocycles. The minimum absolute atomic E-state index is 0.137. The predicted octanol–water partition coefficient (Wildman–Crippen LogP) is 6.02. The van der Waals surface area contributed by atoms with Crippen molar-refractivity contribution in [3.8, 4) is 17.2 Å². The van der Waals surface area contributed by atoms with Crippen molar-refractivity contribution in [1.82, 2.24) is 10.7 Å². The molecule has 208 valence electrons. The first-order valence-electron chi connectivity index (χ1n) is 12.7. The van der Waals surface area contributed by atoms with E-state index in [4.69, 9.17) is 37.4 Å². The van der Waals surface area contributed by atoms with Gasteiger partial charge in [0, 0.05) is 10.6 Å². The zero-order valence-electron chi connectivity index (χ0n) is 22.6. The Morgan fingerprint density at radius 2 is 1.82 bits per heavy atom. The van der Waals surface area contributed by atoms with E-state index < -0.39 is 24.0 Å². The molecule has 0 spiro atoms. The van der Waals surface area contributed by atoms with E-state index in [0.717, 1.165) is 19.3 Å². The number of nitrogens with zero attached hydrogens (tertiary/aromatic N) is 1. The first-order chi connectivity index (χ1) is 18.2. The number of hydrogen-bond acceptors (Lipinski definition) is 6. The lowest BCUT2D eigenvalue weighted by molar-refractivity contribution is -0.132. The minimum Gasteiger partial charge on any atom is -0.493 e. The largest absolute Gasteiger partial charge is 0.493 e. The Balaban J connectivity index is 2.06. The van der Waals surface area contributed by atoms with Gasteiger partial charge in [-0.25, -0.2) is 5.43 Å². The molecule has 0 aliphatic rings. The van der Waals surface area contributed by atoms with Crippen molar-refractivity contribution < 1.29 is 23.8 Å². The highest BCUT2D eigenvalue weighted by Gasteiger charge is 2.25. The van der Waals surface area contributed by atoms with Gasteiger partial charge in [-0.15, -0.1) is 0 Å². The van der Waals surface area contributed by atoms with Crippen LogP contribution in [-0.2, 0) is 9.59 Å². The number of unbranched alkanes of at least 4 members (excludes halogenated alkanes) is 2. The summed E-state index contributed by atoms with van der Waals surface area (Å²) >= 11 is 12.1. The molecule has 0 fully saturated rings. The van der Waals surface area contributed by atoms with Crippen molar-refractivity contribution in [3.05, 3.63) is 52.0 Å². The second-order valence-corrected chi connectivity index (χ2v) is 10.0. The van der Waals surface area contributed by atoms with Gasteiger partial charge >= 0.3 is 0 Å². The van der Waals surface area contributed by atoms with Gasteiger partial charge < -0.3 is 19.5 Å². The van der Waals surface area contributed by atoms with E-state index in [1.54, 1.807) is 32.2 Å². The second-order valence-electron chi connectivity index (χ2n) is 9.19. The highest BCUT2D eigenvalue weighted by molar-refractivity contribution is 6.35. The molecule has 10 heteroatoms. The van der Waals surface area contributed by atoms with E-state index in [1.165, 1.54) is 12.3 Å². The molecule has 2 atom stereocenters. The summed E-state index contributed by atoms with van der Waals surface area (Å²) in [4.78, 5) is 25.8. The number of para-hydroxylation sites is 1. The maximum atomic E-state index is 13.0. The van der Waals surface area contributed by atoms with Crippen LogP contribution in [0.5, 0.6) is 17.2 Å². The molecular formula is C28H37Cl2N3O5. The lowest BCUT2D eigenvalue weighted by Gasteiger charge is -2.22. The number of rotatable bonds is 15. The Morgan fingerprint density at radius 3 is 2.47 bits per heavy atom. The van der Waals surface area contributed by atoms with E-state index in [-0.39, 0.29) is 10.9 Å². The number of hydrazone groups is 1. The van der Waals surface area contributed by atoms with Crippen molar-refractivity contribution in [2.24, 2.45) is 11.0 Å². The number of carbonyl (C=O) groups is 2. The summed E-state index contributed by atoms with van der Waals surface area (Å²) in [6.07, 6.45) is 4.08. The number of benzene rings is 2. The van der Waals surface area contributed by atoms with Crippen LogP contribution in [0, 0.1) is 5.92 Å². The van der Waals surface area contributed by atoms with E-state index in [9.17, 15) is 9.59 Å². The van der Waals surface area contributed by atoms with Gasteiger partial charge in [-0.05, 0) is 56.0 Å². The van der Waals surface area contributed by atoms with Crippen LogP contribution in [0.3, 0.4) is 0 Å². The van der Waals surface area contributed by atoms with Crippen LogP contribution in [0.4, 0.5) is 0 Å². The highest BCUT2D eigenvalue weighted by atomic mass is 35.5. The first kappa shape index (κ1) is 31.2. The molecule has 0 radical (unpaired) electrons. The molecule has 2 N–H and O–H groups in total. The van der Waals surface area contributed by atoms with Gasteiger partial charge in [0.05, 0.1) is 25.0 Å². The summed E-state index contributed by atoms with van der Waals surface area (Å²) in [5.74, 6) is 0.682. The Morgan fingerprint density at radius 1 is 1.05 bits per heavy atom. The monoisotopic (exact) mass is 565 g/mol. The predicted molar refractivity (Wildman–Crippen MR) is 152 cm³/mol. The molecule has 2 aromatic carbocycles. The normalized spacial score (nSPS) is 12.7. The third-order valence-electron chi connectivity index (χ3n) is 5.51.